The molecule has 11 nitrogen and oxygen atoms in total. The van der Waals surface area contributed by atoms with Crippen molar-refractivity contribution in [1.82, 2.24) is 9.62 Å². The molecule has 1 unspecified atom stereocenters. The highest BCUT2D eigenvalue weighted by atomic mass is 35.5. The van der Waals surface area contributed by atoms with Gasteiger partial charge in [-0.1, -0.05) is 65.2 Å². The number of carboxylic acids is 1. The van der Waals surface area contributed by atoms with Gasteiger partial charge in [0.15, 0.2) is 0 Å². The molecule has 0 saturated carbocycles. The Bertz CT molecular complexity index is 1990. The largest absolute Gasteiger partial charge is 0.481 e. The highest BCUT2D eigenvalue weighted by Crippen LogP contribution is 2.38. The van der Waals surface area contributed by atoms with Crippen LogP contribution in [0.2, 0.25) is 10.0 Å². The summed E-state index contributed by atoms with van der Waals surface area (Å²) in [6.45, 7) is 1.82. The minimum absolute atomic E-state index is 0.0386. The molecule has 4 aromatic carbocycles. The summed E-state index contributed by atoms with van der Waals surface area (Å²) in [5, 5.41) is 13.5. The number of halogens is 2. The molecule has 4 amide bonds. The van der Waals surface area contributed by atoms with Crippen molar-refractivity contribution in [3.8, 4) is 0 Å². The number of nitrogens with zero attached hydrogens (tertiary/aromatic N) is 2. The van der Waals surface area contributed by atoms with Crippen LogP contribution in [-0.2, 0) is 26.2 Å². The minimum atomic E-state index is -4.21. The first kappa shape index (κ1) is 35.4. The Morgan fingerprint density at radius 2 is 1.55 bits per heavy atom. The second-order valence-electron chi connectivity index (χ2n) is 11.9. The number of amides is 4. The Balaban J connectivity index is 1.37. The van der Waals surface area contributed by atoms with Crippen molar-refractivity contribution in [3.05, 3.63) is 124 Å². The fourth-order valence-electron chi connectivity index (χ4n) is 5.70. The number of nitrogens with one attached hydrogen (secondary N) is 2. The maximum absolute atomic E-state index is 13.9. The van der Waals surface area contributed by atoms with E-state index in [1.54, 1.807) is 48.5 Å². The topological polar surface area (TPSA) is 153 Å². The van der Waals surface area contributed by atoms with Crippen LogP contribution in [0.15, 0.2) is 102 Å². The summed E-state index contributed by atoms with van der Waals surface area (Å²) >= 11 is 12.5. The van der Waals surface area contributed by atoms with Gasteiger partial charge in [-0.3, -0.25) is 19.3 Å². The van der Waals surface area contributed by atoms with Crippen molar-refractivity contribution >= 4 is 68.4 Å². The molecule has 254 valence electrons. The van der Waals surface area contributed by atoms with Crippen LogP contribution in [0.3, 0.4) is 0 Å². The summed E-state index contributed by atoms with van der Waals surface area (Å²) in [6.07, 6.45) is -0.716. The van der Waals surface area contributed by atoms with Gasteiger partial charge in [0.2, 0.25) is 5.91 Å². The summed E-state index contributed by atoms with van der Waals surface area (Å²) in [4.78, 5) is 54.8. The van der Waals surface area contributed by atoms with E-state index in [0.29, 0.717) is 21.3 Å². The molecular formula is C35H32Cl2N4O7S. The van der Waals surface area contributed by atoms with Gasteiger partial charge in [0.1, 0.15) is 0 Å². The zero-order chi connectivity index (χ0) is 35.3. The number of aliphatic carboxylic acids is 1. The van der Waals surface area contributed by atoms with Gasteiger partial charge in [0.25, 0.3) is 15.9 Å². The van der Waals surface area contributed by atoms with E-state index >= 15 is 0 Å². The number of hydrogen-bond acceptors (Lipinski definition) is 6. The molecule has 0 bridgehead atoms. The van der Waals surface area contributed by atoms with Gasteiger partial charge < -0.3 is 15.3 Å². The van der Waals surface area contributed by atoms with E-state index in [2.05, 4.69) is 5.32 Å². The average Bonchev–Trinajstić information content (AvgIpc) is 3.04. The lowest BCUT2D eigenvalue weighted by Crippen LogP contribution is -2.59. The number of aryl methyl sites for hydroxylation is 1. The Hall–Kier alpha value is -4.91. The normalized spacial score (nSPS) is 16.3. The van der Waals surface area contributed by atoms with Crippen LogP contribution < -0.4 is 14.9 Å². The summed E-state index contributed by atoms with van der Waals surface area (Å²) < 4.78 is 27.7. The molecule has 0 spiro atoms. The Kier molecular flexibility index (Phi) is 10.6. The lowest BCUT2D eigenvalue weighted by Gasteiger charge is -2.47. The third-order valence-corrected chi connectivity index (χ3v) is 9.95. The molecule has 14 heteroatoms. The number of carboxylic acid groups (broad SMARTS) is 1. The molecule has 1 heterocycles. The van der Waals surface area contributed by atoms with Crippen molar-refractivity contribution in [2.24, 2.45) is 5.41 Å². The lowest BCUT2D eigenvalue weighted by molar-refractivity contribution is -0.140. The molecule has 1 aliphatic rings. The van der Waals surface area contributed by atoms with Crippen LogP contribution in [-0.4, -0.2) is 55.3 Å². The van der Waals surface area contributed by atoms with Crippen LogP contribution in [0, 0.1) is 12.3 Å². The monoisotopic (exact) mass is 722 g/mol. The molecule has 49 heavy (non-hydrogen) atoms. The summed E-state index contributed by atoms with van der Waals surface area (Å²) in [7, 11) is -4.21. The standard InChI is InChI=1S/C35H32Cl2N4O7S/c1-23-7-13-28(14-8-23)41-22-35(19-32(43)44,21-40(34(41)46)20-25-9-10-26(36)17-30(25)37)18-31(42)38-27-11-15-29(16-12-27)49(47,48)39-33(45)24-5-3-2-4-6-24/h2-17H,18-22H2,1H3,(H,38,42)(H,39,45)(H,43,44). The van der Waals surface area contributed by atoms with E-state index in [1.165, 1.54) is 46.2 Å². The molecule has 0 aliphatic carbocycles. The van der Waals surface area contributed by atoms with Crippen LogP contribution in [0.5, 0.6) is 0 Å². The molecule has 4 aromatic rings. The predicted molar refractivity (Wildman–Crippen MR) is 186 cm³/mol. The van der Waals surface area contributed by atoms with E-state index in [9.17, 15) is 32.7 Å². The van der Waals surface area contributed by atoms with Crippen molar-refractivity contribution in [2.75, 3.05) is 23.3 Å². The number of hydrogen-bond donors (Lipinski definition) is 3. The summed E-state index contributed by atoms with van der Waals surface area (Å²) in [5.74, 6) is -2.49. The Morgan fingerprint density at radius 3 is 2.18 bits per heavy atom. The van der Waals surface area contributed by atoms with Gasteiger partial charge in [0.05, 0.1) is 11.3 Å². The second-order valence-corrected chi connectivity index (χ2v) is 14.4. The molecule has 1 fully saturated rings. The number of sulfonamides is 1. The average molecular weight is 724 g/mol. The van der Waals surface area contributed by atoms with Gasteiger partial charge in [-0.15, -0.1) is 0 Å². The zero-order valence-corrected chi connectivity index (χ0v) is 28.6. The van der Waals surface area contributed by atoms with Crippen molar-refractivity contribution in [2.45, 2.75) is 31.2 Å². The predicted octanol–water partition coefficient (Wildman–Crippen LogP) is 6.35. The third-order valence-electron chi connectivity index (χ3n) is 8.02. The fraction of sp³-hybridized carbons (Fsp3) is 0.200. The van der Waals surface area contributed by atoms with E-state index in [4.69, 9.17) is 23.2 Å². The smallest absolute Gasteiger partial charge is 0.324 e. The third kappa shape index (κ3) is 8.77. The zero-order valence-electron chi connectivity index (χ0n) is 26.2. The maximum atomic E-state index is 13.9. The van der Waals surface area contributed by atoms with E-state index in [-0.39, 0.29) is 48.2 Å². The van der Waals surface area contributed by atoms with Gasteiger partial charge in [-0.2, -0.15) is 0 Å². The number of rotatable bonds is 11. The molecule has 5 rings (SSSR count). The minimum Gasteiger partial charge on any atom is -0.481 e. The quantitative estimate of drug-likeness (QED) is 0.163. The molecule has 1 atom stereocenters. The van der Waals surface area contributed by atoms with Gasteiger partial charge in [-0.05, 0) is 73.2 Å². The first-order valence-corrected chi connectivity index (χ1v) is 17.3. The molecule has 1 saturated heterocycles. The number of anilines is 2. The molecular weight excluding hydrogens is 691 g/mol. The van der Waals surface area contributed by atoms with E-state index in [1.807, 2.05) is 23.8 Å². The van der Waals surface area contributed by atoms with Gasteiger partial charge in [-0.25, -0.2) is 17.9 Å². The molecule has 1 aliphatic heterocycles. The number of carbonyl (C=O) groups is 4. The molecule has 0 radical (unpaired) electrons. The van der Waals surface area contributed by atoms with Crippen molar-refractivity contribution < 1.29 is 32.7 Å². The number of benzene rings is 4. The van der Waals surface area contributed by atoms with Crippen LogP contribution >= 0.6 is 23.2 Å². The van der Waals surface area contributed by atoms with Crippen LogP contribution in [0.4, 0.5) is 16.2 Å². The molecule has 3 N–H and O–H groups in total. The van der Waals surface area contributed by atoms with E-state index < -0.39 is 39.6 Å². The summed E-state index contributed by atoms with van der Waals surface area (Å²) in [5.41, 5.74) is 1.27. The number of carbonyl (C=O) groups excluding carboxylic acids is 3. The van der Waals surface area contributed by atoms with Gasteiger partial charge >= 0.3 is 12.0 Å². The van der Waals surface area contributed by atoms with Gasteiger partial charge in [0, 0.05) is 58.5 Å². The SMILES string of the molecule is Cc1ccc(N2CC(CC(=O)O)(CC(=O)Nc3ccc(S(=O)(=O)NC(=O)c4ccccc4)cc3)CN(Cc3ccc(Cl)cc3Cl)C2=O)cc1. The maximum Gasteiger partial charge on any atom is 0.324 e. The van der Waals surface area contributed by atoms with E-state index in [0.717, 1.165) is 5.56 Å². The van der Waals surface area contributed by atoms with Crippen molar-refractivity contribution in [3.63, 3.8) is 0 Å². The van der Waals surface area contributed by atoms with Crippen molar-refractivity contribution in [1.29, 1.82) is 0 Å². The second kappa shape index (κ2) is 14.7. The van der Waals surface area contributed by atoms with Crippen LogP contribution in [0.25, 0.3) is 0 Å². The fourth-order valence-corrected chi connectivity index (χ4v) is 7.14. The highest BCUT2D eigenvalue weighted by Gasteiger charge is 2.46. The first-order chi connectivity index (χ1) is 23.2. The summed E-state index contributed by atoms with van der Waals surface area (Å²) in [6, 6.07) is 24.8. The van der Waals surface area contributed by atoms with Crippen LogP contribution in [0.1, 0.15) is 34.3 Å². The first-order valence-electron chi connectivity index (χ1n) is 15.0. The molecule has 0 aromatic heterocycles. The number of urea groups is 1. The Labute approximate surface area is 293 Å². The lowest BCUT2D eigenvalue weighted by atomic mass is 9.78. The Morgan fingerprint density at radius 1 is 0.878 bits per heavy atom. The highest BCUT2D eigenvalue weighted by molar-refractivity contribution is 7.90.